The number of nitrogens with two attached hydrogens (primary N) is 1. The number of thioether (sulfide) groups is 1. The molecular weight excluding hydrogens is 309 g/mol. The standard InChI is InChI=1S/C11H9BrFNS2/c12-11-1-7(6-16-11)5-15-10-3-8(13)2-9(14)4-10/h1-4,6H,5,14H2. The van der Waals surface area contributed by atoms with Gasteiger partial charge in [-0.3, -0.25) is 0 Å². The highest BCUT2D eigenvalue weighted by Gasteiger charge is 2.02. The molecule has 1 heterocycles. The fourth-order valence-electron chi connectivity index (χ4n) is 1.26. The maximum atomic E-state index is 13.1. The van der Waals surface area contributed by atoms with Gasteiger partial charge in [-0.2, -0.15) is 0 Å². The Morgan fingerprint density at radius 2 is 2.12 bits per heavy atom. The average molecular weight is 318 g/mol. The van der Waals surface area contributed by atoms with Gasteiger partial charge in [-0.05, 0) is 51.1 Å². The van der Waals surface area contributed by atoms with Gasteiger partial charge in [0, 0.05) is 16.3 Å². The van der Waals surface area contributed by atoms with Crippen LogP contribution in [-0.4, -0.2) is 0 Å². The highest BCUT2D eigenvalue weighted by Crippen LogP contribution is 2.29. The minimum Gasteiger partial charge on any atom is -0.399 e. The number of halogens is 2. The van der Waals surface area contributed by atoms with Gasteiger partial charge in [0.2, 0.25) is 0 Å². The minimum atomic E-state index is -0.283. The van der Waals surface area contributed by atoms with Crippen molar-refractivity contribution >= 4 is 44.7 Å². The summed E-state index contributed by atoms with van der Waals surface area (Å²) in [6.45, 7) is 0. The fourth-order valence-corrected chi connectivity index (χ4v) is 3.49. The molecule has 1 aromatic carbocycles. The Kier molecular flexibility index (Phi) is 3.89. The number of anilines is 1. The van der Waals surface area contributed by atoms with E-state index in [1.165, 1.54) is 17.7 Å². The van der Waals surface area contributed by atoms with E-state index < -0.39 is 0 Å². The number of nitrogen functional groups attached to an aromatic ring is 1. The smallest absolute Gasteiger partial charge is 0.126 e. The first-order chi connectivity index (χ1) is 7.63. The van der Waals surface area contributed by atoms with Crippen molar-refractivity contribution in [3.05, 3.63) is 44.8 Å². The Morgan fingerprint density at radius 3 is 2.75 bits per heavy atom. The molecule has 5 heteroatoms. The zero-order valence-corrected chi connectivity index (χ0v) is 11.5. The van der Waals surface area contributed by atoms with Crippen LogP contribution in [0.5, 0.6) is 0 Å². The van der Waals surface area contributed by atoms with Crippen LogP contribution in [0.4, 0.5) is 10.1 Å². The number of hydrogen-bond acceptors (Lipinski definition) is 3. The first-order valence-electron chi connectivity index (χ1n) is 4.55. The summed E-state index contributed by atoms with van der Waals surface area (Å²) in [7, 11) is 0. The third-order valence-corrected chi connectivity index (χ3v) is 4.52. The molecule has 0 bridgehead atoms. The Morgan fingerprint density at radius 1 is 1.31 bits per heavy atom. The molecule has 0 radical (unpaired) electrons. The maximum absolute atomic E-state index is 13.1. The number of thiophene rings is 1. The van der Waals surface area contributed by atoms with E-state index >= 15 is 0 Å². The van der Waals surface area contributed by atoms with Crippen molar-refractivity contribution in [3.63, 3.8) is 0 Å². The second-order valence-corrected chi connectivity index (χ2v) is 6.61. The van der Waals surface area contributed by atoms with Crippen molar-refractivity contribution in [2.45, 2.75) is 10.6 Å². The Balaban J connectivity index is 2.04. The van der Waals surface area contributed by atoms with E-state index in [1.807, 2.05) is 0 Å². The molecule has 0 aliphatic heterocycles. The van der Waals surface area contributed by atoms with Gasteiger partial charge in [0.1, 0.15) is 5.82 Å². The summed E-state index contributed by atoms with van der Waals surface area (Å²) in [5.41, 5.74) is 7.27. The number of rotatable bonds is 3. The van der Waals surface area contributed by atoms with Crippen LogP contribution in [-0.2, 0) is 5.75 Å². The molecule has 1 nitrogen and oxygen atoms in total. The molecule has 2 N–H and O–H groups in total. The third kappa shape index (κ3) is 3.23. The molecule has 2 rings (SSSR count). The van der Waals surface area contributed by atoms with E-state index in [1.54, 1.807) is 29.2 Å². The summed E-state index contributed by atoms with van der Waals surface area (Å²) < 4.78 is 14.2. The van der Waals surface area contributed by atoms with E-state index in [4.69, 9.17) is 5.73 Å². The fraction of sp³-hybridized carbons (Fsp3) is 0.0909. The summed E-state index contributed by atoms with van der Waals surface area (Å²) in [5.74, 6) is 0.541. The molecule has 2 aromatic rings. The Bertz CT molecular complexity index is 478. The van der Waals surface area contributed by atoms with Crippen LogP contribution in [0.3, 0.4) is 0 Å². The molecule has 0 aliphatic carbocycles. The molecule has 0 saturated heterocycles. The van der Waals surface area contributed by atoms with Gasteiger partial charge in [0.25, 0.3) is 0 Å². The minimum absolute atomic E-state index is 0.283. The predicted molar refractivity (Wildman–Crippen MR) is 72.4 cm³/mol. The first kappa shape index (κ1) is 12.0. The van der Waals surface area contributed by atoms with E-state index in [9.17, 15) is 4.39 Å². The molecule has 1 aromatic heterocycles. The lowest BCUT2D eigenvalue weighted by Gasteiger charge is -2.02. The van der Waals surface area contributed by atoms with E-state index in [0.717, 1.165) is 14.4 Å². The lowest BCUT2D eigenvalue weighted by Crippen LogP contribution is -1.87. The average Bonchev–Trinajstić information content (AvgIpc) is 2.60. The predicted octanol–water partition coefficient (Wildman–Crippen LogP) is 4.52. The lowest BCUT2D eigenvalue weighted by atomic mass is 10.3. The van der Waals surface area contributed by atoms with Crippen molar-refractivity contribution in [2.24, 2.45) is 0 Å². The molecule has 84 valence electrons. The number of benzene rings is 1. The van der Waals surface area contributed by atoms with Crippen molar-refractivity contribution in [1.82, 2.24) is 0 Å². The van der Waals surface area contributed by atoms with Gasteiger partial charge in [0.15, 0.2) is 0 Å². The summed E-state index contributed by atoms with van der Waals surface area (Å²) >= 11 is 6.64. The Hall–Kier alpha value is -0.520. The molecule has 0 unspecified atom stereocenters. The van der Waals surface area contributed by atoms with Crippen LogP contribution in [0.2, 0.25) is 0 Å². The SMILES string of the molecule is Nc1cc(F)cc(SCc2csc(Br)c2)c1. The van der Waals surface area contributed by atoms with E-state index in [0.29, 0.717) is 5.69 Å². The molecule has 16 heavy (non-hydrogen) atoms. The van der Waals surface area contributed by atoms with Crippen molar-refractivity contribution in [1.29, 1.82) is 0 Å². The summed E-state index contributed by atoms with van der Waals surface area (Å²) in [6, 6.07) is 6.68. The van der Waals surface area contributed by atoms with Gasteiger partial charge in [-0.15, -0.1) is 23.1 Å². The molecule has 0 atom stereocenters. The molecule has 0 aliphatic rings. The second-order valence-electron chi connectivity index (χ2n) is 3.27. The van der Waals surface area contributed by atoms with Crippen LogP contribution in [0.15, 0.2) is 38.3 Å². The van der Waals surface area contributed by atoms with Gasteiger partial charge < -0.3 is 5.73 Å². The van der Waals surface area contributed by atoms with E-state index in [-0.39, 0.29) is 5.82 Å². The van der Waals surface area contributed by atoms with Crippen LogP contribution in [0, 0.1) is 5.82 Å². The van der Waals surface area contributed by atoms with Crippen molar-refractivity contribution < 1.29 is 4.39 Å². The van der Waals surface area contributed by atoms with E-state index in [2.05, 4.69) is 27.4 Å². The molecular formula is C11H9BrFNS2. The van der Waals surface area contributed by atoms with Crippen LogP contribution < -0.4 is 5.73 Å². The largest absolute Gasteiger partial charge is 0.399 e. The molecule has 0 saturated carbocycles. The zero-order chi connectivity index (χ0) is 11.5. The first-order valence-corrected chi connectivity index (χ1v) is 7.21. The topological polar surface area (TPSA) is 26.0 Å². The van der Waals surface area contributed by atoms with Crippen LogP contribution in [0.1, 0.15) is 5.56 Å². The molecule has 0 fully saturated rings. The van der Waals surface area contributed by atoms with Gasteiger partial charge in [0.05, 0.1) is 3.79 Å². The second kappa shape index (κ2) is 5.21. The van der Waals surface area contributed by atoms with Gasteiger partial charge in [-0.25, -0.2) is 4.39 Å². The van der Waals surface area contributed by atoms with Crippen LogP contribution in [0.25, 0.3) is 0 Å². The highest BCUT2D eigenvalue weighted by molar-refractivity contribution is 9.11. The molecule has 0 amide bonds. The highest BCUT2D eigenvalue weighted by atomic mass is 79.9. The summed E-state index contributed by atoms with van der Waals surface area (Å²) in [5, 5.41) is 2.08. The van der Waals surface area contributed by atoms with Crippen molar-refractivity contribution in [3.8, 4) is 0 Å². The summed E-state index contributed by atoms with van der Waals surface area (Å²) in [4.78, 5) is 0.861. The zero-order valence-electron chi connectivity index (χ0n) is 8.24. The Labute approximate surface area is 110 Å². The number of hydrogen-bond donors (Lipinski definition) is 1. The monoisotopic (exact) mass is 317 g/mol. The van der Waals surface area contributed by atoms with Gasteiger partial charge >= 0.3 is 0 Å². The normalized spacial score (nSPS) is 10.6. The van der Waals surface area contributed by atoms with Crippen molar-refractivity contribution in [2.75, 3.05) is 5.73 Å². The molecule has 0 spiro atoms. The lowest BCUT2D eigenvalue weighted by molar-refractivity contribution is 0.625. The third-order valence-electron chi connectivity index (χ3n) is 1.92. The van der Waals surface area contributed by atoms with Gasteiger partial charge in [-0.1, -0.05) is 0 Å². The quantitative estimate of drug-likeness (QED) is 0.665. The van der Waals surface area contributed by atoms with Crippen LogP contribution >= 0.6 is 39.0 Å². The maximum Gasteiger partial charge on any atom is 0.126 e. The summed E-state index contributed by atoms with van der Waals surface area (Å²) in [6.07, 6.45) is 0.